The molecule has 0 spiro atoms. The Morgan fingerprint density at radius 1 is 1.44 bits per heavy atom. The molecule has 18 heavy (non-hydrogen) atoms. The SMILES string of the molecule is CCC(C)CSc1ccc([C@H](C)O)cc1[N+](=O)[O-]. The van der Waals surface area contributed by atoms with Crippen LogP contribution in [0.1, 0.15) is 38.9 Å². The van der Waals surface area contributed by atoms with Gasteiger partial charge in [-0.15, -0.1) is 11.8 Å². The van der Waals surface area contributed by atoms with Gasteiger partial charge in [0.1, 0.15) is 0 Å². The van der Waals surface area contributed by atoms with Gasteiger partial charge in [0.2, 0.25) is 0 Å². The third-order valence-electron chi connectivity index (χ3n) is 2.88. The van der Waals surface area contributed by atoms with Crippen molar-refractivity contribution in [2.24, 2.45) is 5.92 Å². The molecule has 0 aliphatic carbocycles. The number of hydrogen-bond donors (Lipinski definition) is 1. The third-order valence-corrected chi connectivity index (χ3v) is 4.27. The number of benzene rings is 1. The number of rotatable bonds is 6. The summed E-state index contributed by atoms with van der Waals surface area (Å²) in [6, 6.07) is 4.94. The third kappa shape index (κ3) is 3.99. The van der Waals surface area contributed by atoms with Gasteiger partial charge < -0.3 is 5.11 Å². The highest BCUT2D eigenvalue weighted by Crippen LogP contribution is 2.33. The summed E-state index contributed by atoms with van der Waals surface area (Å²) in [5.74, 6) is 1.40. The fourth-order valence-electron chi connectivity index (χ4n) is 1.41. The molecule has 1 N–H and O–H groups in total. The first-order chi connectivity index (χ1) is 8.45. The highest BCUT2D eigenvalue weighted by atomic mass is 32.2. The molecule has 1 aromatic rings. The molecular formula is C13H19NO3S. The van der Waals surface area contributed by atoms with Crippen LogP contribution < -0.4 is 0 Å². The quantitative estimate of drug-likeness (QED) is 0.485. The maximum Gasteiger partial charge on any atom is 0.283 e. The second-order valence-corrected chi connectivity index (χ2v) is 5.55. The molecule has 1 rings (SSSR count). The van der Waals surface area contributed by atoms with Crippen LogP contribution in [0.25, 0.3) is 0 Å². The molecule has 4 nitrogen and oxygen atoms in total. The molecule has 0 amide bonds. The van der Waals surface area contributed by atoms with Crippen LogP contribution in [0.3, 0.4) is 0 Å². The number of thioether (sulfide) groups is 1. The van der Waals surface area contributed by atoms with Crippen LogP contribution in [0.4, 0.5) is 5.69 Å². The van der Waals surface area contributed by atoms with E-state index in [9.17, 15) is 15.2 Å². The van der Waals surface area contributed by atoms with E-state index in [0.717, 1.165) is 12.2 Å². The van der Waals surface area contributed by atoms with Crippen molar-refractivity contribution in [2.75, 3.05) is 5.75 Å². The Balaban J connectivity index is 2.93. The minimum atomic E-state index is -0.683. The van der Waals surface area contributed by atoms with Crippen LogP contribution in [-0.4, -0.2) is 15.8 Å². The minimum Gasteiger partial charge on any atom is -0.389 e. The lowest BCUT2D eigenvalue weighted by atomic mass is 10.1. The van der Waals surface area contributed by atoms with Crippen molar-refractivity contribution in [2.45, 2.75) is 38.2 Å². The summed E-state index contributed by atoms with van der Waals surface area (Å²) in [4.78, 5) is 11.3. The van der Waals surface area contributed by atoms with E-state index in [1.165, 1.54) is 17.8 Å². The first-order valence-corrected chi connectivity index (χ1v) is 7.03. The summed E-state index contributed by atoms with van der Waals surface area (Å²) in [5.41, 5.74) is 0.663. The molecular weight excluding hydrogens is 250 g/mol. The Morgan fingerprint density at radius 2 is 2.11 bits per heavy atom. The van der Waals surface area contributed by atoms with Crippen molar-refractivity contribution in [1.82, 2.24) is 0 Å². The number of nitro groups is 1. The molecule has 0 saturated carbocycles. The van der Waals surface area contributed by atoms with Gasteiger partial charge in [-0.25, -0.2) is 0 Å². The predicted octanol–water partition coefficient (Wildman–Crippen LogP) is 3.79. The molecule has 0 aliphatic rings. The molecule has 2 atom stereocenters. The molecule has 0 aliphatic heterocycles. The normalized spacial score (nSPS) is 14.2. The Kier molecular flexibility index (Phi) is 5.62. The van der Waals surface area contributed by atoms with Gasteiger partial charge in [-0.1, -0.05) is 26.3 Å². The minimum absolute atomic E-state index is 0.0849. The zero-order chi connectivity index (χ0) is 13.7. The van der Waals surface area contributed by atoms with E-state index in [-0.39, 0.29) is 10.6 Å². The standard InChI is InChI=1S/C13H19NO3S/c1-4-9(2)8-18-13-6-5-11(10(3)15)7-12(13)14(16)17/h5-7,9-10,15H,4,8H2,1-3H3/t9?,10-/m0/s1. The second-order valence-electron chi connectivity index (χ2n) is 4.48. The molecule has 1 aromatic carbocycles. The summed E-state index contributed by atoms with van der Waals surface area (Å²) < 4.78 is 0. The zero-order valence-electron chi connectivity index (χ0n) is 10.9. The highest BCUT2D eigenvalue weighted by molar-refractivity contribution is 7.99. The molecule has 0 saturated heterocycles. The van der Waals surface area contributed by atoms with Gasteiger partial charge in [0.25, 0.3) is 5.69 Å². The fraction of sp³-hybridized carbons (Fsp3) is 0.538. The lowest BCUT2D eigenvalue weighted by Crippen LogP contribution is -1.99. The predicted molar refractivity (Wildman–Crippen MR) is 73.9 cm³/mol. The summed E-state index contributed by atoms with van der Waals surface area (Å²) in [6.45, 7) is 5.84. The van der Waals surface area contributed by atoms with Crippen LogP contribution in [0.5, 0.6) is 0 Å². The van der Waals surface area contributed by atoms with Crippen LogP contribution in [0, 0.1) is 16.0 Å². The van der Waals surface area contributed by atoms with Crippen LogP contribution in [-0.2, 0) is 0 Å². The van der Waals surface area contributed by atoms with Gasteiger partial charge in [0.05, 0.1) is 15.9 Å². The summed E-state index contributed by atoms with van der Waals surface area (Å²) in [7, 11) is 0. The monoisotopic (exact) mass is 269 g/mol. The van der Waals surface area contributed by atoms with Gasteiger partial charge in [0.15, 0.2) is 0 Å². The summed E-state index contributed by atoms with van der Waals surface area (Å²) in [6.07, 6.45) is 0.379. The first kappa shape index (κ1) is 15.0. The largest absolute Gasteiger partial charge is 0.389 e. The van der Waals surface area contributed by atoms with Crippen LogP contribution >= 0.6 is 11.8 Å². The van der Waals surface area contributed by atoms with Gasteiger partial charge in [0, 0.05) is 11.8 Å². The molecule has 0 aromatic heterocycles. The maximum absolute atomic E-state index is 11.0. The average Bonchev–Trinajstić information content (AvgIpc) is 2.35. The average molecular weight is 269 g/mol. The van der Waals surface area contributed by atoms with Gasteiger partial charge in [-0.05, 0) is 24.5 Å². The van der Waals surface area contributed by atoms with Crippen molar-refractivity contribution in [3.05, 3.63) is 33.9 Å². The summed E-state index contributed by atoms with van der Waals surface area (Å²) in [5, 5.41) is 20.5. The van der Waals surface area contributed by atoms with Gasteiger partial charge in [-0.2, -0.15) is 0 Å². The van der Waals surface area contributed by atoms with E-state index >= 15 is 0 Å². The molecule has 100 valence electrons. The number of nitrogens with zero attached hydrogens (tertiary/aromatic N) is 1. The maximum atomic E-state index is 11.0. The smallest absolute Gasteiger partial charge is 0.283 e. The van der Waals surface area contributed by atoms with Crippen molar-refractivity contribution >= 4 is 17.4 Å². The lowest BCUT2D eigenvalue weighted by molar-refractivity contribution is -0.387. The van der Waals surface area contributed by atoms with E-state index in [1.807, 2.05) is 0 Å². The Hall–Kier alpha value is -1.07. The van der Waals surface area contributed by atoms with Gasteiger partial charge >= 0.3 is 0 Å². The summed E-state index contributed by atoms with van der Waals surface area (Å²) >= 11 is 1.51. The molecule has 1 unspecified atom stereocenters. The molecule has 0 bridgehead atoms. The van der Waals surface area contributed by atoms with Crippen molar-refractivity contribution in [3.63, 3.8) is 0 Å². The van der Waals surface area contributed by atoms with E-state index in [2.05, 4.69) is 13.8 Å². The van der Waals surface area contributed by atoms with E-state index in [0.29, 0.717) is 16.4 Å². The Labute approximate surface area is 112 Å². The van der Waals surface area contributed by atoms with E-state index in [4.69, 9.17) is 0 Å². The van der Waals surface area contributed by atoms with Crippen LogP contribution in [0.2, 0.25) is 0 Å². The van der Waals surface area contributed by atoms with E-state index in [1.54, 1.807) is 19.1 Å². The zero-order valence-corrected chi connectivity index (χ0v) is 11.7. The van der Waals surface area contributed by atoms with Crippen molar-refractivity contribution in [1.29, 1.82) is 0 Å². The molecule has 0 fully saturated rings. The van der Waals surface area contributed by atoms with Crippen molar-refractivity contribution < 1.29 is 10.0 Å². The van der Waals surface area contributed by atoms with Gasteiger partial charge in [-0.3, -0.25) is 10.1 Å². The number of hydrogen-bond acceptors (Lipinski definition) is 4. The topological polar surface area (TPSA) is 63.4 Å². The second kappa shape index (κ2) is 6.75. The molecule has 0 radical (unpaired) electrons. The number of nitro benzene ring substituents is 1. The Morgan fingerprint density at radius 3 is 2.61 bits per heavy atom. The fourth-order valence-corrected chi connectivity index (χ4v) is 2.55. The van der Waals surface area contributed by atoms with E-state index < -0.39 is 6.10 Å². The lowest BCUT2D eigenvalue weighted by Gasteiger charge is -2.10. The van der Waals surface area contributed by atoms with Crippen molar-refractivity contribution in [3.8, 4) is 0 Å². The number of aliphatic hydroxyl groups excluding tert-OH is 1. The molecule has 5 heteroatoms. The highest BCUT2D eigenvalue weighted by Gasteiger charge is 2.17. The Bertz CT molecular complexity index is 421. The van der Waals surface area contributed by atoms with Crippen LogP contribution in [0.15, 0.2) is 23.1 Å². The molecule has 0 heterocycles. The first-order valence-electron chi connectivity index (χ1n) is 6.04. The number of aliphatic hydroxyl groups is 1.